The van der Waals surface area contributed by atoms with Crippen molar-refractivity contribution in [1.29, 1.82) is 0 Å². The molecule has 0 unspecified atom stereocenters. The molecule has 2 nitrogen and oxygen atoms in total. The molecule has 0 aliphatic carbocycles. The van der Waals surface area contributed by atoms with Gasteiger partial charge in [-0.3, -0.25) is 0 Å². The molecule has 0 atom stereocenters. The number of hydrogen-bond acceptors (Lipinski definition) is 2. The first kappa shape index (κ1) is 12.8. The molecule has 1 aromatic rings. The summed E-state index contributed by atoms with van der Waals surface area (Å²) in [5, 5.41) is 0. The van der Waals surface area contributed by atoms with Gasteiger partial charge >= 0.3 is 0 Å². The van der Waals surface area contributed by atoms with Crippen molar-refractivity contribution < 1.29 is 4.74 Å². The van der Waals surface area contributed by atoms with Crippen LogP contribution in [0.1, 0.15) is 32.8 Å². The highest BCUT2D eigenvalue weighted by Gasteiger charge is 1.98. The molecule has 0 amide bonds. The average Bonchev–Trinajstić information content (AvgIpc) is 2.25. The molecule has 16 heavy (non-hydrogen) atoms. The van der Waals surface area contributed by atoms with Crippen molar-refractivity contribution in [2.45, 2.75) is 33.3 Å². The molecule has 0 radical (unpaired) electrons. The smallest absolute Gasteiger partial charge is 0.120 e. The van der Waals surface area contributed by atoms with Gasteiger partial charge in [-0.2, -0.15) is 0 Å². The maximum atomic E-state index is 5.65. The van der Waals surface area contributed by atoms with Gasteiger partial charge in [0.15, 0.2) is 0 Å². The average molecular weight is 219 g/mol. The summed E-state index contributed by atoms with van der Waals surface area (Å²) < 4.78 is 5.64. The van der Waals surface area contributed by atoms with Gasteiger partial charge in [-0.1, -0.05) is 30.7 Å². The molecule has 0 aliphatic heterocycles. The lowest BCUT2D eigenvalue weighted by Crippen LogP contribution is -2.05. The van der Waals surface area contributed by atoms with Gasteiger partial charge in [0.05, 0.1) is 6.10 Å². The van der Waals surface area contributed by atoms with Gasteiger partial charge in [0, 0.05) is 6.54 Å². The zero-order chi connectivity index (χ0) is 12.0. The van der Waals surface area contributed by atoms with Crippen LogP contribution in [0.25, 0.3) is 6.08 Å². The van der Waals surface area contributed by atoms with Crippen molar-refractivity contribution in [3.63, 3.8) is 0 Å². The molecule has 0 spiro atoms. The quantitative estimate of drug-likeness (QED) is 0.825. The highest BCUT2D eigenvalue weighted by Crippen LogP contribution is 2.17. The standard InChI is InChI=1S/C14H21NO/c1-4-12(10-15)8-13-6-5-7-14(9-13)16-11(2)3/h5-9,11H,4,10,15H2,1-3H3. The van der Waals surface area contributed by atoms with Crippen LogP contribution < -0.4 is 10.5 Å². The summed E-state index contributed by atoms with van der Waals surface area (Å²) in [6.07, 6.45) is 3.33. The Morgan fingerprint density at radius 1 is 1.44 bits per heavy atom. The van der Waals surface area contributed by atoms with E-state index in [0.717, 1.165) is 17.7 Å². The SMILES string of the molecule is CCC(=Cc1cccc(OC(C)C)c1)CN. The third kappa shape index (κ3) is 4.07. The van der Waals surface area contributed by atoms with Gasteiger partial charge in [0.1, 0.15) is 5.75 Å². The molecule has 1 rings (SSSR count). The van der Waals surface area contributed by atoms with Gasteiger partial charge in [0.2, 0.25) is 0 Å². The highest BCUT2D eigenvalue weighted by atomic mass is 16.5. The Morgan fingerprint density at radius 2 is 2.19 bits per heavy atom. The van der Waals surface area contributed by atoms with Crippen LogP contribution in [0.4, 0.5) is 0 Å². The van der Waals surface area contributed by atoms with Crippen LogP contribution in [-0.2, 0) is 0 Å². The first-order chi connectivity index (χ1) is 7.65. The van der Waals surface area contributed by atoms with Crippen molar-refractivity contribution >= 4 is 6.08 Å². The lowest BCUT2D eigenvalue weighted by atomic mass is 10.1. The number of benzene rings is 1. The van der Waals surface area contributed by atoms with E-state index in [4.69, 9.17) is 10.5 Å². The van der Waals surface area contributed by atoms with E-state index in [-0.39, 0.29) is 6.10 Å². The number of ether oxygens (including phenoxy) is 1. The summed E-state index contributed by atoms with van der Waals surface area (Å²) in [7, 11) is 0. The summed E-state index contributed by atoms with van der Waals surface area (Å²) in [6.45, 7) is 6.79. The van der Waals surface area contributed by atoms with E-state index in [1.165, 1.54) is 5.57 Å². The lowest BCUT2D eigenvalue weighted by molar-refractivity contribution is 0.242. The van der Waals surface area contributed by atoms with Crippen LogP contribution >= 0.6 is 0 Å². The Hall–Kier alpha value is -1.28. The first-order valence-corrected chi connectivity index (χ1v) is 5.82. The summed E-state index contributed by atoms with van der Waals surface area (Å²) in [5.41, 5.74) is 8.06. The summed E-state index contributed by atoms with van der Waals surface area (Å²) >= 11 is 0. The zero-order valence-corrected chi connectivity index (χ0v) is 10.4. The van der Waals surface area contributed by atoms with Gasteiger partial charge < -0.3 is 10.5 Å². The molecule has 0 aromatic heterocycles. The monoisotopic (exact) mass is 219 g/mol. The summed E-state index contributed by atoms with van der Waals surface area (Å²) in [5.74, 6) is 0.913. The van der Waals surface area contributed by atoms with Gasteiger partial charge in [-0.05, 0) is 38.0 Å². The summed E-state index contributed by atoms with van der Waals surface area (Å²) in [6, 6.07) is 8.10. The minimum absolute atomic E-state index is 0.208. The van der Waals surface area contributed by atoms with Gasteiger partial charge in [-0.25, -0.2) is 0 Å². The first-order valence-electron chi connectivity index (χ1n) is 5.82. The van der Waals surface area contributed by atoms with Crippen molar-refractivity contribution in [2.24, 2.45) is 5.73 Å². The second-order valence-corrected chi connectivity index (χ2v) is 4.10. The Kier molecular flexibility index (Phi) is 5.06. The molecule has 0 saturated carbocycles. The predicted molar refractivity (Wildman–Crippen MR) is 69.5 cm³/mol. The maximum absolute atomic E-state index is 5.65. The Morgan fingerprint density at radius 3 is 2.75 bits per heavy atom. The van der Waals surface area contributed by atoms with E-state index in [2.05, 4.69) is 19.1 Å². The predicted octanol–water partition coefficient (Wildman–Crippen LogP) is 3.23. The van der Waals surface area contributed by atoms with Crippen molar-refractivity contribution in [3.8, 4) is 5.75 Å². The lowest BCUT2D eigenvalue weighted by Gasteiger charge is -2.10. The van der Waals surface area contributed by atoms with Crippen LogP contribution in [0.15, 0.2) is 29.8 Å². The topological polar surface area (TPSA) is 35.2 Å². The van der Waals surface area contributed by atoms with Crippen molar-refractivity contribution in [3.05, 3.63) is 35.4 Å². The second-order valence-electron chi connectivity index (χ2n) is 4.10. The third-order valence-electron chi connectivity index (χ3n) is 2.32. The molecule has 0 saturated heterocycles. The number of hydrogen-bond donors (Lipinski definition) is 1. The second kappa shape index (κ2) is 6.33. The molecule has 0 bridgehead atoms. The number of nitrogens with two attached hydrogens (primary N) is 1. The molecular formula is C14H21NO. The van der Waals surface area contributed by atoms with E-state index >= 15 is 0 Å². The third-order valence-corrected chi connectivity index (χ3v) is 2.32. The van der Waals surface area contributed by atoms with Crippen LogP contribution in [-0.4, -0.2) is 12.6 Å². The van der Waals surface area contributed by atoms with Crippen LogP contribution in [0.3, 0.4) is 0 Å². The maximum Gasteiger partial charge on any atom is 0.120 e. The van der Waals surface area contributed by atoms with Crippen LogP contribution in [0.5, 0.6) is 5.75 Å². The number of rotatable bonds is 5. The fourth-order valence-corrected chi connectivity index (χ4v) is 1.49. The van der Waals surface area contributed by atoms with Crippen LogP contribution in [0.2, 0.25) is 0 Å². The molecule has 1 aromatic carbocycles. The largest absolute Gasteiger partial charge is 0.491 e. The zero-order valence-electron chi connectivity index (χ0n) is 10.4. The van der Waals surface area contributed by atoms with E-state index in [0.29, 0.717) is 6.54 Å². The Balaban J connectivity index is 2.85. The fourth-order valence-electron chi connectivity index (χ4n) is 1.49. The molecule has 0 aliphatic rings. The molecular weight excluding hydrogens is 198 g/mol. The minimum atomic E-state index is 0.208. The minimum Gasteiger partial charge on any atom is -0.491 e. The van der Waals surface area contributed by atoms with Gasteiger partial charge in [0.25, 0.3) is 0 Å². The van der Waals surface area contributed by atoms with Gasteiger partial charge in [-0.15, -0.1) is 0 Å². The van der Waals surface area contributed by atoms with E-state index < -0.39 is 0 Å². The molecule has 0 fully saturated rings. The van der Waals surface area contributed by atoms with E-state index in [1.54, 1.807) is 0 Å². The normalized spacial score (nSPS) is 11.9. The van der Waals surface area contributed by atoms with Crippen molar-refractivity contribution in [1.82, 2.24) is 0 Å². The molecule has 88 valence electrons. The highest BCUT2D eigenvalue weighted by molar-refractivity contribution is 5.55. The van der Waals surface area contributed by atoms with E-state index in [9.17, 15) is 0 Å². The Bertz CT molecular complexity index is 350. The molecule has 2 heteroatoms. The Labute approximate surface area is 98.1 Å². The fraction of sp³-hybridized carbons (Fsp3) is 0.429. The van der Waals surface area contributed by atoms with Crippen LogP contribution in [0, 0.1) is 0 Å². The molecule has 0 heterocycles. The van der Waals surface area contributed by atoms with E-state index in [1.807, 2.05) is 32.0 Å². The summed E-state index contributed by atoms with van der Waals surface area (Å²) in [4.78, 5) is 0. The van der Waals surface area contributed by atoms with Crippen molar-refractivity contribution in [2.75, 3.05) is 6.54 Å². The molecule has 2 N–H and O–H groups in total.